The van der Waals surface area contributed by atoms with E-state index in [2.05, 4.69) is 25.0 Å². The number of pyridine rings is 1. The number of methoxy groups -OCH3 is 1. The van der Waals surface area contributed by atoms with Gasteiger partial charge in [0.1, 0.15) is 16.3 Å². The van der Waals surface area contributed by atoms with Crippen molar-refractivity contribution in [3.05, 3.63) is 64.9 Å². The van der Waals surface area contributed by atoms with Crippen LogP contribution < -0.4 is 14.8 Å². The molecule has 2 heterocycles. The van der Waals surface area contributed by atoms with Crippen molar-refractivity contribution in [2.75, 3.05) is 24.2 Å². The Morgan fingerprint density at radius 1 is 1.05 bits per heavy atom. The number of anilines is 2. The van der Waals surface area contributed by atoms with Crippen molar-refractivity contribution < 1.29 is 22.7 Å². The Kier molecular flexibility index (Phi) is 10.1. The number of nitrogens with one attached hydrogen (secondary N) is 2. The number of aromatic nitrogens is 3. The third-order valence-electron chi connectivity index (χ3n) is 6.83. The normalized spacial score (nSPS) is 17.3. The summed E-state index contributed by atoms with van der Waals surface area (Å²) in [4.78, 5) is 27.2. The molecule has 1 fully saturated rings. The molecule has 1 amide bonds. The van der Waals surface area contributed by atoms with Gasteiger partial charge in [-0.3, -0.25) is 4.72 Å². The second kappa shape index (κ2) is 13.6. The standard InChI is InChI=1S/C30H37ClN6O5S/c1-30(2,3)42-29(38)37(4)23-15-13-22(14-16-23)34-28-32-18-20(19-33-28)10-11-21-12-17-26(35-27(21)41-5)36-43(39,40)25-9-7-6-8-24(25)31/h6-12,17-19,22-23H,13-16H2,1-5H3,(H,35,36)(H,32,33,34)/b11-10+. The average Bonchev–Trinajstić information content (AvgIpc) is 2.96. The van der Waals surface area contributed by atoms with E-state index < -0.39 is 15.6 Å². The smallest absolute Gasteiger partial charge is 0.410 e. The van der Waals surface area contributed by atoms with Gasteiger partial charge in [-0.2, -0.15) is 4.98 Å². The molecule has 0 saturated heterocycles. The molecule has 1 saturated carbocycles. The molecular weight excluding hydrogens is 592 g/mol. The van der Waals surface area contributed by atoms with Crippen molar-refractivity contribution in [2.45, 2.75) is 69.0 Å². The van der Waals surface area contributed by atoms with Crippen molar-refractivity contribution in [1.82, 2.24) is 19.9 Å². The zero-order chi connectivity index (χ0) is 31.2. The summed E-state index contributed by atoms with van der Waals surface area (Å²) in [5.41, 5.74) is 0.884. The Morgan fingerprint density at radius 3 is 2.35 bits per heavy atom. The van der Waals surface area contributed by atoms with Crippen LogP contribution in [0.4, 0.5) is 16.6 Å². The Bertz CT molecular complexity index is 1550. The van der Waals surface area contributed by atoms with Gasteiger partial charge in [0.2, 0.25) is 11.8 Å². The van der Waals surface area contributed by atoms with Crippen molar-refractivity contribution in [3.63, 3.8) is 0 Å². The molecule has 0 aliphatic heterocycles. The Labute approximate surface area is 257 Å². The minimum Gasteiger partial charge on any atom is -0.481 e. The van der Waals surface area contributed by atoms with Gasteiger partial charge in [0.25, 0.3) is 10.0 Å². The van der Waals surface area contributed by atoms with Gasteiger partial charge < -0.3 is 19.7 Å². The summed E-state index contributed by atoms with van der Waals surface area (Å²) in [6.07, 6.45) is 10.2. The number of carbonyl (C=O) groups is 1. The van der Waals surface area contributed by atoms with Crippen LogP contribution >= 0.6 is 11.6 Å². The number of ether oxygens (including phenoxy) is 2. The highest BCUT2D eigenvalue weighted by Gasteiger charge is 2.29. The van der Waals surface area contributed by atoms with Crippen molar-refractivity contribution in [2.24, 2.45) is 0 Å². The predicted molar refractivity (Wildman–Crippen MR) is 168 cm³/mol. The third kappa shape index (κ3) is 8.80. The van der Waals surface area contributed by atoms with Crippen molar-refractivity contribution in [3.8, 4) is 5.88 Å². The lowest BCUT2D eigenvalue weighted by atomic mass is 9.90. The predicted octanol–water partition coefficient (Wildman–Crippen LogP) is 6.09. The Morgan fingerprint density at radius 2 is 1.72 bits per heavy atom. The first kappa shape index (κ1) is 32.0. The summed E-state index contributed by atoms with van der Waals surface area (Å²) in [5.74, 6) is 0.872. The first-order valence-corrected chi connectivity index (χ1v) is 15.8. The van der Waals surface area contributed by atoms with E-state index in [1.807, 2.05) is 26.8 Å². The number of sulfonamides is 1. The van der Waals surface area contributed by atoms with Gasteiger partial charge in [0, 0.05) is 42.7 Å². The largest absolute Gasteiger partial charge is 0.481 e. The average molecular weight is 629 g/mol. The number of hydrogen-bond donors (Lipinski definition) is 2. The van der Waals surface area contributed by atoms with E-state index in [4.69, 9.17) is 21.1 Å². The summed E-state index contributed by atoms with van der Waals surface area (Å²) >= 11 is 6.05. The summed E-state index contributed by atoms with van der Waals surface area (Å²) in [6.45, 7) is 5.60. The lowest BCUT2D eigenvalue weighted by molar-refractivity contribution is 0.0185. The summed E-state index contributed by atoms with van der Waals surface area (Å²) in [5, 5.41) is 3.50. The molecular formula is C30H37ClN6O5S. The van der Waals surface area contributed by atoms with Crippen LogP contribution in [0, 0.1) is 0 Å². The molecule has 4 rings (SSSR count). The van der Waals surface area contributed by atoms with Gasteiger partial charge in [-0.15, -0.1) is 0 Å². The molecule has 230 valence electrons. The van der Waals surface area contributed by atoms with Crippen LogP contribution in [-0.4, -0.2) is 66.2 Å². The molecule has 43 heavy (non-hydrogen) atoms. The molecule has 1 aliphatic carbocycles. The van der Waals surface area contributed by atoms with Gasteiger partial charge in [-0.1, -0.05) is 29.8 Å². The molecule has 0 atom stereocenters. The van der Waals surface area contributed by atoms with Gasteiger partial charge in [-0.25, -0.2) is 23.2 Å². The fourth-order valence-electron chi connectivity index (χ4n) is 4.61. The molecule has 0 unspecified atom stereocenters. The second-order valence-electron chi connectivity index (χ2n) is 11.2. The quantitative estimate of drug-likeness (QED) is 0.288. The highest BCUT2D eigenvalue weighted by atomic mass is 35.5. The zero-order valence-electron chi connectivity index (χ0n) is 24.9. The lowest BCUT2D eigenvalue weighted by Gasteiger charge is -2.35. The van der Waals surface area contributed by atoms with Crippen LogP contribution in [0.5, 0.6) is 5.88 Å². The minimum absolute atomic E-state index is 0.0437. The van der Waals surface area contributed by atoms with E-state index in [0.717, 1.165) is 31.2 Å². The van der Waals surface area contributed by atoms with Crippen LogP contribution in [0.3, 0.4) is 0 Å². The molecule has 11 nitrogen and oxygen atoms in total. The van der Waals surface area contributed by atoms with Crippen LogP contribution in [-0.2, 0) is 14.8 Å². The highest BCUT2D eigenvalue weighted by Crippen LogP contribution is 2.27. The van der Waals surface area contributed by atoms with E-state index in [0.29, 0.717) is 11.5 Å². The van der Waals surface area contributed by atoms with E-state index in [-0.39, 0.29) is 39.8 Å². The SMILES string of the molecule is COc1nc(NS(=O)(=O)c2ccccc2Cl)ccc1/C=C/c1cnc(NC2CCC(N(C)C(=O)OC(C)(C)C)CC2)nc1. The third-order valence-corrected chi connectivity index (χ3v) is 8.69. The van der Waals surface area contributed by atoms with Crippen molar-refractivity contribution >= 4 is 51.6 Å². The summed E-state index contributed by atoms with van der Waals surface area (Å²) in [7, 11) is -0.675. The monoisotopic (exact) mass is 628 g/mol. The number of carbonyl (C=O) groups excluding carboxylic acids is 1. The van der Waals surface area contributed by atoms with Crippen LogP contribution in [0.15, 0.2) is 53.7 Å². The number of rotatable bonds is 9. The number of halogens is 1. The van der Waals surface area contributed by atoms with Crippen LogP contribution in [0.2, 0.25) is 5.02 Å². The van der Waals surface area contributed by atoms with Crippen LogP contribution in [0.1, 0.15) is 57.6 Å². The molecule has 2 N–H and O–H groups in total. The fraction of sp³-hybridized carbons (Fsp3) is 0.400. The fourth-order valence-corrected chi connectivity index (χ4v) is 6.13. The van der Waals surface area contributed by atoms with Crippen molar-refractivity contribution in [1.29, 1.82) is 0 Å². The molecule has 1 aliphatic rings. The van der Waals surface area contributed by atoms with E-state index in [1.54, 1.807) is 54.7 Å². The number of nitrogens with zero attached hydrogens (tertiary/aromatic N) is 4. The van der Waals surface area contributed by atoms with Gasteiger partial charge in [0.05, 0.1) is 12.1 Å². The minimum atomic E-state index is -3.93. The van der Waals surface area contributed by atoms with Crippen LogP contribution in [0.25, 0.3) is 12.2 Å². The van der Waals surface area contributed by atoms with E-state index >= 15 is 0 Å². The zero-order valence-corrected chi connectivity index (χ0v) is 26.4. The summed E-state index contributed by atoms with van der Waals surface area (Å²) in [6, 6.07) is 9.76. The lowest BCUT2D eigenvalue weighted by Crippen LogP contribution is -2.43. The first-order valence-electron chi connectivity index (χ1n) is 13.9. The summed E-state index contributed by atoms with van der Waals surface area (Å²) < 4.78 is 38.8. The number of hydrogen-bond acceptors (Lipinski definition) is 9. The Balaban J connectivity index is 1.32. The maximum Gasteiger partial charge on any atom is 0.410 e. The van der Waals surface area contributed by atoms with Gasteiger partial charge >= 0.3 is 6.09 Å². The van der Waals surface area contributed by atoms with E-state index in [9.17, 15) is 13.2 Å². The molecule has 2 aromatic heterocycles. The maximum atomic E-state index is 12.7. The van der Waals surface area contributed by atoms with Gasteiger partial charge in [0.15, 0.2) is 0 Å². The van der Waals surface area contributed by atoms with Gasteiger partial charge in [-0.05, 0) is 76.8 Å². The number of amides is 1. The first-order chi connectivity index (χ1) is 20.3. The molecule has 3 aromatic rings. The maximum absolute atomic E-state index is 12.7. The number of benzene rings is 1. The molecule has 0 spiro atoms. The highest BCUT2D eigenvalue weighted by molar-refractivity contribution is 7.92. The molecule has 13 heteroatoms. The molecule has 0 bridgehead atoms. The molecule has 0 radical (unpaired) electrons. The van der Waals surface area contributed by atoms with E-state index in [1.165, 1.54) is 19.2 Å². The molecule has 1 aromatic carbocycles. The Hall–Kier alpha value is -3.90. The topological polar surface area (TPSA) is 136 Å². The second-order valence-corrected chi connectivity index (χ2v) is 13.3.